The van der Waals surface area contributed by atoms with Crippen molar-refractivity contribution in [3.05, 3.63) is 24.3 Å². The predicted octanol–water partition coefficient (Wildman–Crippen LogP) is 3.90. The molecule has 1 fully saturated rings. The SMILES string of the molecule is C=CC(Nc1nnc(N(CCC)CCNC2CCCC2)s1)/C(C=NC)=C/C. The highest BCUT2D eigenvalue weighted by molar-refractivity contribution is 7.19. The zero-order valence-corrected chi connectivity index (χ0v) is 17.8. The van der Waals surface area contributed by atoms with Crippen LogP contribution in [0.15, 0.2) is 29.3 Å². The molecule has 0 aromatic carbocycles. The molecule has 1 saturated carbocycles. The highest BCUT2D eigenvalue weighted by Crippen LogP contribution is 2.25. The number of nitrogens with one attached hydrogen (secondary N) is 2. The molecule has 1 atom stereocenters. The minimum Gasteiger partial charge on any atom is -0.350 e. The molecular formula is C20H34N6S. The Labute approximate surface area is 167 Å². The van der Waals surface area contributed by atoms with Crippen LogP contribution in [0.2, 0.25) is 0 Å². The molecule has 0 radical (unpaired) electrons. The van der Waals surface area contributed by atoms with E-state index in [1.807, 2.05) is 25.3 Å². The van der Waals surface area contributed by atoms with Crippen molar-refractivity contribution in [3.63, 3.8) is 0 Å². The lowest BCUT2D eigenvalue weighted by Gasteiger charge is -2.22. The molecular weight excluding hydrogens is 356 g/mol. The summed E-state index contributed by atoms with van der Waals surface area (Å²) < 4.78 is 0. The number of allylic oxidation sites excluding steroid dienone is 1. The highest BCUT2D eigenvalue weighted by Gasteiger charge is 2.17. The van der Waals surface area contributed by atoms with Crippen LogP contribution in [0, 0.1) is 0 Å². The molecule has 1 aromatic heterocycles. The van der Waals surface area contributed by atoms with Crippen molar-refractivity contribution in [2.45, 2.75) is 58.0 Å². The van der Waals surface area contributed by atoms with E-state index in [2.05, 4.69) is 44.2 Å². The Balaban J connectivity index is 1.95. The van der Waals surface area contributed by atoms with Gasteiger partial charge in [0.15, 0.2) is 0 Å². The summed E-state index contributed by atoms with van der Waals surface area (Å²) in [4.78, 5) is 6.44. The van der Waals surface area contributed by atoms with Gasteiger partial charge in [-0.25, -0.2) is 0 Å². The predicted molar refractivity (Wildman–Crippen MR) is 118 cm³/mol. The van der Waals surface area contributed by atoms with E-state index in [0.717, 1.165) is 41.9 Å². The molecule has 1 heterocycles. The van der Waals surface area contributed by atoms with Crippen LogP contribution in [0.1, 0.15) is 46.0 Å². The normalized spacial score (nSPS) is 16.8. The standard InChI is InChI=1S/C20H34N6S/c1-5-13-26(14-12-22-17-10-8-9-11-17)20-25-24-19(27-20)23-18(7-3)16(6-2)15-21-4/h6-7,15,17-18,22H,3,5,8-14H2,1-2,4H3,(H,23,24)/b16-6+,21-15?. The first-order chi connectivity index (χ1) is 13.2. The van der Waals surface area contributed by atoms with Gasteiger partial charge < -0.3 is 15.5 Å². The third kappa shape index (κ3) is 6.74. The highest BCUT2D eigenvalue weighted by atomic mass is 32.1. The Bertz CT molecular complexity index is 618. The third-order valence-electron chi connectivity index (χ3n) is 4.83. The Morgan fingerprint density at radius 1 is 1.37 bits per heavy atom. The third-order valence-corrected chi connectivity index (χ3v) is 5.75. The monoisotopic (exact) mass is 390 g/mol. The topological polar surface area (TPSA) is 65.4 Å². The van der Waals surface area contributed by atoms with Gasteiger partial charge in [-0.3, -0.25) is 4.99 Å². The van der Waals surface area contributed by atoms with Crippen molar-refractivity contribution in [1.29, 1.82) is 0 Å². The van der Waals surface area contributed by atoms with Gasteiger partial charge in [0, 0.05) is 38.9 Å². The quantitative estimate of drug-likeness (QED) is 0.418. The number of rotatable bonds is 12. The first-order valence-electron chi connectivity index (χ1n) is 10.0. The summed E-state index contributed by atoms with van der Waals surface area (Å²) in [6.45, 7) is 11.1. The summed E-state index contributed by atoms with van der Waals surface area (Å²) in [6, 6.07) is 0.677. The second-order valence-electron chi connectivity index (χ2n) is 6.85. The lowest BCUT2D eigenvalue weighted by atomic mass is 10.1. The summed E-state index contributed by atoms with van der Waals surface area (Å²) in [5.74, 6) is 0. The number of hydrogen-bond acceptors (Lipinski definition) is 7. The zero-order valence-electron chi connectivity index (χ0n) is 16.9. The molecule has 0 amide bonds. The van der Waals surface area contributed by atoms with Crippen LogP contribution in [-0.4, -0.2) is 55.2 Å². The van der Waals surface area contributed by atoms with Crippen LogP contribution < -0.4 is 15.5 Å². The minimum atomic E-state index is -0.0249. The van der Waals surface area contributed by atoms with E-state index in [1.54, 1.807) is 18.4 Å². The average Bonchev–Trinajstić information content (AvgIpc) is 3.36. The van der Waals surface area contributed by atoms with Crippen LogP contribution in [-0.2, 0) is 0 Å². The summed E-state index contributed by atoms with van der Waals surface area (Å²) in [5.41, 5.74) is 1.07. The van der Waals surface area contributed by atoms with E-state index in [1.165, 1.54) is 25.7 Å². The van der Waals surface area contributed by atoms with Gasteiger partial charge in [-0.2, -0.15) is 0 Å². The molecule has 0 aliphatic heterocycles. The summed E-state index contributed by atoms with van der Waals surface area (Å²) >= 11 is 1.60. The fourth-order valence-electron chi connectivity index (χ4n) is 3.40. The number of aromatic nitrogens is 2. The number of nitrogens with zero attached hydrogens (tertiary/aromatic N) is 4. The van der Waals surface area contributed by atoms with Crippen molar-refractivity contribution in [1.82, 2.24) is 15.5 Å². The van der Waals surface area contributed by atoms with Crippen LogP contribution in [0.4, 0.5) is 10.3 Å². The molecule has 27 heavy (non-hydrogen) atoms. The molecule has 0 bridgehead atoms. The molecule has 2 N–H and O–H groups in total. The molecule has 0 spiro atoms. The fraction of sp³-hybridized carbons (Fsp3) is 0.650. The maximum Gasteiger partial charge on any atom is 0.210 e. The van der Waals surface area contributed by atoms with Crippen molar-refractivity contribution in [2.24, 2.45) is 4.99 Å². The van der Waals surface area contributed by atoms with Crippen LogP contribution in [0.5, 0.6) is 0 Å². The molecule has 6 nitrogen and oxygen atoms in total. The summed E-state index contributed by atoms with van der Waals surface area (Å²) in [7, 11) is 1.77. The Morgan fingerprint density at radius 2 is 2.15 bits per heavy atom. The molecule has 7 heteroatoms. The Hall–Kier alpha value is -1.73. The van der Waals surface area contributed by atoms with E-state index in [9.17, 15) is 0 Å². The second-order valence-corrected chi connectivity index (χ2v) is 7.80. The maximum absolute atomic E-state index is 4.42. The van der Waals surface area contributed by atoms with Crippen molar-refractivity contribution >= 4 is 27.8 Å². The molecule has 150 valence electrons. The Morgan fingerprint density at radius 3 is 2.78 bits per heavy atom. The summed E-state index contributed by atoms with van der Waals surface area (Å²) in [5, 5.41) is 17.6. The molecule has 1 unspecified atom stereocenters. The second kappa shape index (κ2) is 11.9. The van der Waals surface area contributed by atoms with E-state index in [4.69, 9.17) is 0 Å². The van der Waals surface area contributed by atoms with E-state index in [0.29, 0.717) is 6.04 Å². The van der Waals surface area contributed by atoms with E-state index >= 15 is 0 Å². The lowest BCUT2D eigenvalue weighted by Crippen LogP contribution is -2.36. The van der Waals surface area contributed by atoms with Crippen molar-refractivity contribution in [2.75, 3.05) is 36.9 Å². The molecule has 1 aliphatic carbocycles. The first kappa shape index (κ1) is 21.6. The molecule has 1 aliphatic rings. The van der Waals surface area contributed by atoms with Gasteiger partial charge >= 0.3 is 0 Å². The maximum atomic E-state index is 4.42. The average molecular weight is 391 g/mol. The van der Waals surface area contributed by atoms with Gasteiger partial charge in [0.25, 0.3) is 0 Å². The number of hydrogen-bond donors (Lipinski definition) is 2. The van der Waals surface area contributed by atoms with Gasteiger partial charge in [-0.1, -0.05) is 43.3 Å². The van der Waals surface area contributed by atoms with Crippen molar-refractivity contribution in [3.8, 4) is 0 Å². The fourth-order valence-corrected chi connectivity index (χ4v) is 4.24. The van der Waals surface area contributed by atoms with Crippen LogP contribution in [0.3, 0.4) is 0 Å². The molecule has 0 saturated heterocycles. The molecule has 2 rings (SSSR count). The Kier molecular flexibility index (Phi) is 9.48. The first-order valence-corrected chi connectivity index (χ1v) is 10.8. The van der Waals surface area contributed by atoms with Gasteiger partial charge in [-0.05, 0) is 31.8 Å². The largest absolute Gasteiger partial charge is 0.350 e. The van der Waals surface area contributed by atoms with Gasteiger partial charge in [0.05, 0.1) is 6.04 Å². The van der Waals surface area contributed by atoms with Crippen LogP contribution >= 0.6 is 11.3 Å². The number of anilines is 2. The summed E-state index contributed by atoms with van der Waals surface area (Å²) in [6.07, 6.45) is 12.2. The van der Waals surface area contributed by atoms with Crippen molar-refractivity contribution < 1.29 is 0 Å². The smallest absolute Gasteiger partial charge is 0.210 e. The van der Waals surface area contributed by atoms with Gasteiger partial charge in [0.1, 0.15) is 0 Å². The minimum absolute atomic E-state index is 0.0249. The van der Waals surface area contributed by atoms with E-state index in [-0.39, 0.29) is 6.04 Å². The van der Waals surface area contributed by atoms with Gasteiger partial charge in [0.2, 0.25) is 10.3 Å². The van der Waals surface area contributed by atoms with Gasteiger partial charge in [-0.15, -0.1) is 16.8 Å². The molecule has 1 aromatic rings. The lowest BCUT2D eigenvalue weighted by molar-refractivity contribution is 0.523. The number of aliphatic imine (C=N–C) groups is 1. The van der Waals surface area contributed by atoms with Crippen LogP contribution in [0.25, 0.3) is 0 Å². The van der Waals surface area contributed by atoms with E-state index < -0.39 is 0 Å². The zero-order chi connectivity index (χ0) is 19.5.